The van der Waals surface area contributed by atoms with Crippen molar-refractivity contribution in [3.8, 4) is 0 Å². The lowest BCUT2D eigenvalue weighted by Gasteiger charge is -1.89. The fraction of sp³-hybridized carbons (Fsp3) is 0. The Hall–Kier alpha value is -1.51. The number of nitrogens with zero attached hydrogens (tertiary/aromatic N) is 3. The average Bonchev–Trinajstić information content (AvgIpc) is 2.05. The average molecular weight is 131 g/mol. The fourth-order valence-electron chi connectivity index (χ4n) is 0.806. The third-order valence-corrected chi connectivity index (χ3v) is 1.24. The zero-order valence-corrected chi connectivity index (χ0v) is 5.23. The molecule has 2 rings (SSSR count). The maximum atomic E-state index is 4.06. The van der Waals surface area contributed by atoms with Crippen molar-refractivity contribution in [2.24, 2.45) is 0 Å². The molecule has 0 spiro atoms. The molecule has 2 aromatic heterocycles. The molecule has 0 fully saturated rings. The van der Waals surface area contributed by atoms with Crippen LogP contribution in [0.2, 0.25) is 0 Å². The van der Waals surface area contributed by atoms with Gasteiger partial charge >= 0.3 is 0 Å². The van der Waals surface area contributed by atoms with Gasteiger partial charge in [-0.2, -0.15) is 0 Å². The van der Waals surface area contributed by atoms with Crippen LogP contribution in [0, 0.1) is 0 Å². The van der Waals surface area contributed by atoms with Crippen molar-refractivity contribution in [3.63, 3.8) is 0 Å². The van der Waals surface area contributed by atoms with E-state index in [0.717, 1.165) is 5.52 Å². The summed E-state index contributed by atoms with van der Waals surface area (Å²) in [5.41, 5.74) is 1.54. The highest BCUT2D eigenvalue weighted by molar-refractivity contribution is 5.67. The van der Waals surface area contributed by atoms with Gasteiger partial charge in [0.2, 0.25) is 0 Å². The molecule has 0 amide bonds. The fourth-order valence-corrected chi connectivity index (χ4v) is 0.806. The van der Waals surface area contributed by atoms with Crippen LogP contribution in [0.15, 0.2) is 30.7 Å². The minimum Gasteiger partial charge on any atom is -0.251 e. The van der Waals surface area contributed by atoms with Gasteiger partial charge in [0, 0.05) is 18.6 Å². The van der Waals surface area contributed by atoms with E-state index >= 15 is 0 Å². The zero-order chi connectivity index (χ0) is 6.81. The molecule has 0 aliphatic heterocycles. The van der Waals surface area contributed by atoms with Crippen molar-refractivity contribution in [2.75, 3.05) is 0 Å². The molecule has 3 nitrogen and oxygen atoms in total. The first kappa shape index (κ1) is 5.29. The first-order valence-electron chi connectivity index (χ1n) is 2.98. The second kappa shape index (κ2) is 2.02. The molecule has 2 heterocycles. The second-order valence-corrected chi connectivity index (χ2v) is 1.90. The molecule has 48 valence electrons. The number of hydrogen-bond donors (Lipinski definition) is 0. The Morgan fingerprint density at radius 2 is 1.70 bits per heavy atom. The second-order valence-electron chi connectivity index (χ2n) is 1.90. The number of pyridine rings is 1. The SMILES string of the molecule is c1cnc2nccnc2c1. The predicted octanol–water partition coefficient (Wildman–Crippen LogP) is 1.02. The lowest BCUT2D eigenvalue weighted by molar-refractivity contribution is 1.22. The quantitative estimate of drug-likeness (QED) is 0.536. The molecule has 0 radical (unpaired) electrons. The Balaban J connectivity index is 2.89. The van der Waals surface area contributed by atoms with Gasteiger partial charge in [0.05, 0.1) is 0 Å². The van der Waals surface area contributed by atoms with E-state index in [2.05, 4.69) is 15.0 Å². The van der Waals surface area contributed by atoms with Crippen LogP contribution in [0.4, 0.5) is 0 Å². The monoisotopic (exact) mass is 131 g/mol. The third kappa shape index (κ3) is 0.719. The van der Waals surface area contributed by atoms with Gasteiger partial charge < -0.3 is 0 Å². The van der Waals surface area contributed by atoms with E-state index in [9.17, 15) is 0 Å². The summed E-state index contributed by atoms with van der Waals surface area (Å²) in [6.07, 6.45) is 5.00. The van der Waals surface area contributed by atoms with Crippen LogP contribution in [0.25, 0.3) is 11.2 Å². The van der Waals surface area contributed by atoms with Crippen LogP contribution >= 0.6 is 0 Å². The molecule has 0 aliphatic rings. The van der Waals surface area contributed by atoms with E-state index in [4.69, 9.17) is 0 Å². The molecule has 3 heteroatoms. The molecule has 0 aliphatic carbocycles. The highest BCUT2D eigenvalue weighted by Gasteiger charge is 1.89. The Bertz CT molecular complexity index is 280. The van der Waals surface area contributed by atoms with Gasteiger partial charge in [-0.3, -0.25) is 4.98 Å². The number of rotatable bonds is 0. The van der Waals surface area contributed by atoms with Crippen LogP contribution in [0.3, 0.4) is 0 Å². The summed E-state index contributed by atoms with van der Waals surface area (Å²) in [7, 11) is 0. The zero-order valence-electron chi connectivity index (χ0n) is 5.23. The number of aromatic nitrogens is 3. The Morgan fingerprint density at radius 3 is 2.60 bits per heavy atom. The molecule has 0 saturated carbocycles. The molecule has 0 saturated heterocycles. The molecular weight excluding hydrogens is 126 g/mol. The van der Waals surface area contributed by atoms with E-state index in [1.807, 2.05) is 12.1 Å². The van der Waals surface area contributed by atoms with Gasteiger partial charge in [-0.15, -0.1) is 0 Å². The van der Waals surface area contributed by atoms with Gasteiger partial charge in [0.1, 0.15) is 5.52 Å². The number of hydrogen-bond acceptors (Lipinski definition) is 3. The lowest BCUT2D eigenvalue weighted by Crippen LogP contribution is -1.83. The Morgan fingerprint density at radius 1 is 0.900 bits per heavy atom. The third-order valence-electron chi connectivity index (χ3n) is 1.24. The van der Waals surface area contributed by atoms with E-state index in [1.165, 1.54) is 0 Å². The molecule has 0 unspecified atom stereocenters. The molecule has 0 N–H and O–H groups in total. The molecular formula is C7H5N3. The largest absolute Gasteiger partial charge is 0.251 e. The van der Waals surface area contributed by atoms with Crippen LogP contribution < -0.4 is 0 Å². The molecule has 0 atom stereocenters. The normalized spacial score (nSPS) is 10.0. The summed E-state index contributed by atoms with van der Waals surface area (Å²) in [5.74, 6) is 0. The topological polar surface area (TPSA) is 38.7 Å². The lowest BCUT2D eigenvalue weighted by atomic mass is 10.4. The summed E-state index contributed by atoms with van der Waals surface area (Å²) >= 11 is 0. The van der Waals surface area contributed by atoms with Crippen LogP contribution in [-0.4, -0.2) is 15.0 Å². The van der Waals surface area contributed by atoms with Crippen molar-refractivity contribution < 1.29 is 0 Å². The maximum absolute atomic E-state index is 4.06. The van der Waals surface area contributed by atoms with Crippen LogP contribution in [0.5, 0.6) is 0 Å². The van der Waals surface area contributed by atoms with E-state index in [0.29, 0.717) is 5.65 Å². The summed E-state index contributed by atoms with van der Waals surface area (Å²) in [4.78, 5) is 12.1. The van der Waals surface area contributed by atoms with Gasteiger partial charge in [-0.05, 0) is 12.1 Å². The smallest absolute Gasteiger partial charge is 0.178 e. The summed E-state index contributed by atoms with van der Waals surface area (Å²) in [5, 5.41) is 0. The maximum Gasteiger partial charge on any atom is 0.178 e. The molecule has 10 heavy (non-hydrogen) atoms. The van der Waals surface area contributed by atoms with Crippen LogP contribution in [-0.2, 0) is 0 Å². The standard InChI is InChI=1S/C7H5N3/c1-2-6-7(9-3-1)10-5-4-8-6/h1-5H. The van der Waals surface area contributed by atoms with Crippen molar-refractivity contribution >= 4 is 11.2 Å². The van der Waals surface area contributed by atoms with Crippen LogP contribution in [0.1, 0.15) is 0 Å². The Kier molecular flexibility index (Phi) is 1.07. The van der Waals surface area contributed by atoms with Gasteiger partial charge in [0.15, 0.2) is 5.65 Å². The molecule has 2 aromatic rings. The van der Waals surface area contributed by atoms with E-state index < -0.39 is 0 Å². The highest BCUT2D eigenvalue weighted by atomic mass is 14.9. The minimum absolute atomic E-state index is 0.699. The summed E-state index contributed by atoms with van der Waals surface area (Å²) in [6.45, 7) is 0. The molecule has 0 bridgehead atoms. The van der Waals surface area contributed by atoms with Crippen molar-refractivity contribution in [1.82, 2.24) is 15.0 Å². The van der Waals surface area contributed by atoms with Gasteiger partial charge in [-0.1, -0.05) is 0 Å². The predicted molar refractivity (Wildman–Crippen MR) is 37.3 cm³/mol. The van der Waals surface area contributed by atoms with Gasteiger partial charge in [0.25, 0.3) is 0 Å². The highest BCUT2D eigenvalue weighted by Crippen LogP contribution is 2.00. The van der Waals surface area contributed by atoms with E-state index in [1.54, 1.807) is 18.6 Å². The first-order chi connectivity index (χ1) is 4.97. The summed E-state index contributed by atoms with van der Waals surface area (Å²) < 4.78 is 0. The minimum atomic E-state index is 0.699. The van der Waals surface area contributed by atoms with Crippen molar-refractivity contribution in [1.29, 1.82) is 0 Å². The van der Waals surface area contributed by atoms with Crippen molar-refractivity contribution in [2.45, 2.75) is 0 Å². The summed E-state index contributed by atoms with van der Waals surface area (Å²) in [6, 6.07) is 3.73. The molecule has 0 aromatic carbocycles. The van der Waals surface area contributed by atoms with E-state index in [-0.39, 0.29) is 0 Å². The van der Waals surface area contributed by atoms with Crippen molar-refractivity contribution in [3.05, 3.63) is 30.7 Å². The number of fused-ring (bicyclic) bond motifs is 1. The first-order valence-corrected chi connectivity index (χ1v) is 2.98. The Labute approximate surface area is 57.8 Å². The van der Waals surface area contributed by atoms with Gasteiger partial charge in [-0.25, -0.2) is 9.97 Å².